The van der Waals surface area contributed by atoms with Gasteiger partial charge in [0.2, 0.25) is 0 Å². The number of carbonyl (C=O) groups excluding carboxylic acids is 1. The Morgan fingerprint density at radius 1 is 0.971 bits per heavy atom. The number of benzene rings is 2. The maximum absolute atomic E-state index is 13.0. The zero-order valence-electron chi connectivity index (χ0n) is 19.7. The lowest BCUT2D eigenvalue weighted by molar-refractivity contribution is -0.149. The first kappa shape index (κ1) is 26.9. The zero-order chi connectivity index (χ0) is 24.8. The first-order valence-corrected chi connectivity index (χ1v) is 11.4. The molecule has 0 spiro atoms. The first-order valence-electron chi connectivity index (χ1n) is 11.4. The highest BCUT2D eigenvalue weighted by Gasteiger charge is 2.18. The van der Waals surface area contributed by atoms with E-state index < -0.39 is 12.1 Å². The molecule has 2 aromatic carbocycles. The molecule has 1 unspecified atom stereocenters. The van der Waals surface area contributed by atoms with Gasteiger partial charge >= 0.3 is 12.0 Å². The Bertz CT molecular complexity index is 876. The maximum atomic E-state index is 13.0. The lowest BCUT2D eigenvalue weighted by Crippen LogP contribution is -2.42. The smallest absolute Gasteiger partial charge is 0.333 e. The molecular formula is C25H33FN2O6. The van der Waals surface area contributed by atoms with Crippen molar-refractivity contribution >= 4 is 12.0 Å². The van der Waals surface area contributed by atoms with Crippen molar-refractivity contribution in [2.75, 3.05) is 39.5 Å². The number of nitrogens with one attached hydrogen (secondary N) is 1. The van der Waals surface area contributed by atoms with Crippen molar-refractivity contribution < 1.29 is 33.3 Å². The van der Waals surface area contributed by atoms with Gasteiger partial charge in [0, 0.05) is 26.1 Å². The van der Waals surface area contributed by atoms with Crippen LogP contribution in [0.5, 0.6) is 11.5 Å². The first-order chi connectivity index (χ1) is 16.4. The summed E-state index contributed by atoms with van der Waals surface area (Å²) >= 11 is 0. The standard InChI is InChI=1S/C25H33FN2O6/c1-3-27-25(31)28(14-5-16-33-22-12-8-20(26)9-13-22)15-17-34-21-10-6-19(7-11-21)18-23(24(29)30)32-4-2/h6-13,23H,3-5,14-18H2,1-2H3,(H,27,31)(H,29,30). The van der Waals surface area contributed by atoms with Crippen LogP contribution in [0.2, 0.25) is 0 Å². The predicted molar refractivity (Wildman–Crippen MR) is 126 cm³/mol. The summed E-state index contributed by atoms with van der Waals surface area (Å²) in [4.78, 5) is 25.3. The predicted octanol–water partition coefficient (Wildman–Crippen LogP) is 3.74. The number of ether oxygens (including phenoxy) is 3. The van der Waals surface area contributed by atoms with Crippen LogP contribution in [0.25, 0.3) is 0 Å². The number of rotatable bonds is 15. The van der Waals surface area contributed by atoms with Gasteiger partial charge in [-0.1, -0.05) is 12.1 Å². The summed E-state index contributed by atoms with van der Waals surface area (Å²) < 4.78 is 29.6. The number of amides is 2. The second kappa shape index (κ2) is 14.7. The van der Waals surface area contributed by atoms with Crippen LogP contribution in [0, 0.1) is 5.82 Å². The van der Waals surface area contributed by atoms with E-state index in [0.717, 1.165) is 5.56 Å². The Hall–Kier alpha value is -3.33. The molecule has 0 saturated heterocycles. The van der Waals surface area contributed by atoms with Crippen molar-refractivity contribution in [3.8, 4) is 11.5 Å². The molecule has 2 amide bonds. The lowest BCUT2D eigenvalue weighted by Gasteiger charge is -2.23. The zero-order valence-corrected chi connectivity index (χ0v) is 19.7. The van der Waals surface area contributed by atoms with E-state index in [0.29, 0.717) is 57.4 Å². The summed E-state index contributed by atoms with van der Waals surface area (Å²) in [6.45, 7) is 6.01. The van der Waals surface area contributed by atoms with Crippen LogP contribution in [-0.4, -0.2) is 67.6 Å². The van der Waals surface area contributed by atoms with E-state index >= 15 is 0 Å². The van der Waals surface area contributed by atoms with Crippen LogP contribution < -0.4 is 14.8 Å². The molecule has 0 radical (unpaired) electrons. The van der Waals surface area contributed by atoms with E-state index in [4.69, 9.17) is 14.2 Å². The third-order valence-corrected chi connectivity index (χ3v) is 4.89. The number of halogens is 1. The number of carbonyl (C=O) groups is 2. The van der Waals surface area contributed by atoms with E-state index in [1.165, 1.54) is 12.1 Å². The van der Waals surface area contributed by atoms with Gasteiger partial charge < -0.3 is 29.5 Å². The second-order valence-electron chi connectivity index (χ2n) is 7.46. The third-order valence-electron chi connectivity index (χ3n) is 4.89. The Labute approximate surface area is 199 Å². The van der Waals surface area contributed by atoms with Crippen molar-refractivity contribution in [3.05, 3.63) is 59.9 Å². The Balaban J connectivity index is 1.79. The molecule has 1 atom stereocenters. The summed E-state index contributed by atoms with van der Waals surface area (Å²) in [5.74, 6) is -0.105. The highest BCUT2D eigenvalue weighted by molar-refractivity contribution is 5.74. The molecular weight excluding hydrogens is 443 g/mol. The van der Waals surface area contributed by atoms with Gasteiger partial charge in [0.05, 0.1) is 13.2 Å². The molecule has 0 aromatic heterocycles. The molecule has 0 heterocycles. The van der Waals surface area contributed by atoms with Gasteiger partial charge in [0.15, 0.2) is 6.10 Å². The van der Waals surface area contributed by atoms with Gasteiger partial charge in [-0.05, 0) is 62.2 Å². The number of carboxylic acids is 1. The molecule has 0 aliphatic carbocycles. The summed E-state index contributed by atoms with van der Waals surface area (Å²) in [7, 11) is 0. The fourth-order valence-electron chi connectivity index (χ4n) is 3.18. The topological polar surface area (TPSA) is 97.3 Å². The number of nitrogens with zero attached hydrogens (tertiary/aromatic N) is 1. The molecule has 9 heteroatoms. The molecule has 0 saturated carbocycles. The van der Waals surface area contributed by atoms with Crippen LogP contribution in [-0.2, 0) is 16.0 Å². The molecule has 2 rings (SSSR count). The van der Waals surface area contributed by atoms with Gasteiger partial charge in [-0.2, -0.15) is 0 Å². The quantitative estimate of drug-likeness (QED) is 0.380. The minimum atomic E-state index is -0.990. The largest absolute Gasteiger partial charge is 0.494 e. The van der Waals surface area contributed by atoms with E-state index in [2.05, 4.69) is 5.32 Å². The normalized spacial score (nSPS) is 11.5. The van der Waals surface area contributed by atoms with Crippen LogP contribution in [0.3, 0.4) is 0 Å². The van der Waals surface area contributed by atoms with Gasteiger partial charge in [0.1, 0.15) is 23.9 Å². The highest BCUT2D eigenvalue weighted by Crippen LogP contribution is 2.15. The SMILES string of the molecule is CCNC(=O)N(CCCOc1ccc(F)cc1)CCOc1ccc(CC(OCC)C(=O)O)cc1. The summed E-state index contributed by atoms with van der Waals surface area (Å²) in [5.41, 5.74) is 0.832. The Morgan fingerprint density at radius 2 is 1.59 bits per heavy atom. The average molecular weight is 477 g/mol. The van der Waals surface area contributed by atoms with E-state index in [-0.39, 0.29) is 18.3 Å². The van der Waals surface area contributed by atoms with E-state index in [1.807, 2.05) is 6.92 Å². The number of hydrogen-bond donors (Lipinski definition) is 2. The summed E-state index contributed by atoms with van der Waals surface area (Å²) in [6.07, 6.45) is -0.00297. The van der Waals surface area contributed by atoms with Crippen molar-refractivity contribution in [1.29, 1.82) is 0 Å². The molecule has 2 N–H and O–H groups in total. The van der Waals surface area contributed by atoms with Crippen LogP contribution in [0.15, 0.2) is 48.5 Å². The summed E-state index contributed by atoms with van der Waals surface area (Å²) in [5, 5.41) is 12.0. The second-order valence-corrected chi connectivity index (χ2v) is 7.46. The average Bonchev–Trinajstić information content (AvgIpc) is 2.82. The lowest BCUT2D eigenvalue weighted by atomic mass is 10.1. The number of urea groups is 1. The Morgan fingerprint density at radius 3 is 2.18 bits per heavy atom. The van der Waals surface area contributed by atoms with E-state index in [9.17, 15) is 19.1 Å². The minimum Gasteiger partial charge on any atom is -0.494 e. The van der Waals surface area contributed by atoms with Crippen LogP contribution in [0.1, 0.15) is 25.8 Å². The van der Waals surface area contributed by atoms with Crippen molar-refractivity contribution in [2.24, 2.45) is 0 Å². The number of hydrogen-bond acceptors (Lipinski definition) is 5. The molecule has 0 fully saturated rings. The fraction of sp³-hybridized carbons (Fsp3) is 0.440. The van der Waals surface area contributed by atoms with Crippen molar-refractivity contribution in [2.45, 2.75) is 32.8 Å². The van der Waals surface area contributed by atoms with E-state index in [1.54, 1.807) is 48.2 Å². The monoisotopic (exact) mass is 476 g/mol. The van der Waals surface area contributed by atoms with Gasteiger partial charge in [-0.15, -0.1) is 0 Å². The molecule has 186 valence electrons. The minimum absolute atomic E-state index is 0.182. The Kier molecular flexibility index (Phi) is 11.7. The van der Waals surface area contributed by atoms with Gasteiger partial charge in [-0.3, -0.25) is 0 Å². The van der Waals surface area contributed by atoms with Gasteiger partial charge in [0.25, 0.3) is 0 Å². The number of aliphatic carboxylic acids is 1. The molecule has 0 aliphatic rings. The molecule has 2 aromatic rings. The van der Waals surface area contributed by atoms with Crippen molar-refractivity contribution in [1.82, 2.24) is 10.2 Å². The summed E-state index contributed by atoms with van der Waals surface area (Å²) in [6, 6.07) is 12.8. The molecule has 8 nitrogen and oxygen atoms in total. The van der Waals surface area contributed by atoms with Crippen molar-refractivity contribution in [3.63, 3.8) is 0 Å². The molecule has 0 aliphatic heterocycles. The molecule has 0 bridgehead atoms. The number of carboxylic acid groups (broad SMARTS) is 1. The van der Waals surface area contributed by atoms with Crippen LogP contribution >= 0.6 is 0 Å². The van der Waals surface area contributed by atoms with Crippen LogP contribution in [0.4, 0.5) is 9.18 Å². The third kappa shape index (κ3) is 9.66. The highest BCUT2D eigenvalue weighted by atomic mass is 19.1. The molecule has 34 heavy (non-hydrogen) atoms. The fourth-order valence-corrected chi connectivity index (χ4v) is 3.18. The van der Waals surface area contributed by atoms with Gasteiger partial charge in [-0.25, -0.2) is 14.0 Å². The maximum Gasteiger partial charge on any atom is 0.333 e.